The van der Waals surface area contributed by atoms with Crippen molar-refractivity contribution in [3.8, 4) is 0 Å². The number of carboxylic acid groups (broad SMARTS) is 1. The molecule has 13 heavy (non-hydrogen) atoms. The summed E-state index contributed by atoms with van der Waals surface area (Å²) in [6.07, 6.45) is 0.589. The van der Waals surface area contributed by atoms with Gasteiger partial charge in [0, 0.05) is 0 Å². The highest BCUT2D eigenvalue weighted by molar-refractivity contribution is 7.80. The van der Waals surface area contributed by atoms with Crippen molar-refractivity contribution in [2.24, 2.45) is 0 Å². The molecular weight excluding hydrogens is 190 g/mol. The smallest absolute Gasteiger partial charge is 0.321 e. The van der Waals surface area contributed by atoms with Crippen LogP contribution in [0.3, 0.4) is 0 Å². The molecule has 1 rings (SSSR count). The van der Waals surface area contributed by atoms with Crippen molar-refractivity contribution in [2.75, 3.05) is 13.3 Å². The largest absolute Gasteiger partial charge is 0.480 e. The fourth-order valence-corrected chi connectivity index (χ4v) is 1.40. The van der Waals surface area contributed by atoms with E-state index in [0.29, 0.717) is 24.9 Å². The molecule has 1 fully saturated rings. The van der Waals surface area contributed by atoms with E-state index in [4.69, 9.17) is 17.3 Å². The van der Waals surface area contributed by atoms with Crippen molar-refractivity contribution in [1.29, 1.82) is 0 Å². The molecule has 0 saturated carbocycles. The van der Waals surface area contributed by atoms with Gasteiger partial charge in [0.15, 0.2) is 5.11 Å². The van der Waals surface area contributed by atoms with Gasteiger partial charge in [0.1, 0.15) is 6.04 Å². The van der Waals surface area contributed by atoms with Crippen molar-refractivity contribution in [1.82, 2.24) is 15.5 Å². The number of rotatable bonds is 3. The molecule has 1 heterocycles. The van der Waals surface area contributed by atoms with Crippen LogP contribution in [0.25, 0.3) is 0 Å². The second kappa shape index (κ2) is 4.38. The third kappa shape index (κ3) is 2.53. The molecule has 1 aliphatic heterocycles. The Morgan fingerprint density at radius 3 is 2.62 bits per heavy atom. The minimum absolute atomic E-state index is 0.442. The Labute approximate surface area is 82.1 Å². The Bertz CT molecular complexity index is 212. The summed E-state index contributed by atoms with van der Waals surface area (Å²) < 4.78 is 0. The van der Waals surface area contributed by atoms with E-state index in [-0.39, 0.29) is 0 Å². The summed E-state index contributed by atoms with van der Waals surface area (Å²) >= 11 is 4.85. The van der Waals surface area contributed by atoms with Crippen LogP contribution in [0.4, 0.5) is 0 Å². The molecule has 1 unspecified atom stereocenters. The molecule has 5 nitrogen and oxygen atoms in total. The topological polar surface area (TPSA) is 64.6 Å². The van der Waals surface area contributed by atoms with Crippen LogP contribution >= 0.6 is 12.2 Å². The summed E-state index contributed by atoms with van der Waals surface area (Å²) in [4.78, 5) is 12.6. The van der Waals surface area contributed by atoms with Crippen molar-refractivity contribution in [3.05, 3.63) is 0 Å². The van der Waals surface area contributed by atoms with Gasteiger partial charge in [-0.05, 0) is 18.6 Å². The minimum Gasteiger partial charge on any atom is -0.480 e. The zero-order valence-corrected chi connectivity index (χ0v) is 8.23. The molecule has 3 N–H and O–H groups in total. The molecule has 0 spiro atoms. The number of thiocarbonyl (C=S) groups is 1. The summed E-state index contributed by atoms with van der Waals surface area (Å²) in [5, 5.41) is 15.2. The molecule has 0 aromatic carbocycles. The number of carboxylic acids is 1. The Kier molecular flexibility index (Phi) is 3.44. The van der Waals surface area contributed by atoms with Gasteiger partial charge in [-0.3, -0.25) is 9.69 Å². The fraction of sp³-hybridized carbons (Fsp3) is 0.714. The lowest BCUT2D eigenvalue weighted by molar-refractivity contribution is -0.143. The zero-order chi connectivity index (χ0) is 9.84. The highest BCUT2D eigenvalue weighted by Crippen LogP contribution is 2.03. The molecule has 1 saturated heterocycles. The molecule has 0 aromatic rings. The summed E-state index contributed by atoms with van der Waals surface area (Å²) in [5.74, 6) is -0.793. The van der Waals surface area contributed by atoms with Gasteiger partial charge < -0.3 is 15.7 Å². The lowest BCUT2D eigenvalue weighted by Gasteiger charge is -2.33. The van der Waals surface area contributed by atoms with Gasteiger partial charge in [0.05, 0.1) is 13.3 Å². The fourth-order valence-electron chi connectivity index (χ4n) is 1.27. The molecular formula is C7H13N3O2S. The summed E-state index contributed by atoms with van der Waals surface area (Å²) in [7, 11) is 0. The van der Waals surface area contributed by atoms with E-state index in [2.05, 4.69) is 10.6 Å². The third-order valence-electron chi connectivity index (χ3n) is 2.00. The second-order valence-electron chi connectivity index (χ2n) is 2.85. The van der Waals surface area contributed by atoms with Gasteiger partial charge in [0.25, 0.3) is 0 Å². The second-order valence-corrected chi connectivity index (χ2v) is 3.26. The number of nitrogens with one attached hydrogen (secondary N) is 2. The molecule has 74 valence electrons. The predicted molar refractivity (Wildman–Crippen MR) is 52.2 cm³/mol. The number of aliphatic carboxylic acids is 1. The van der Waals surface area contributed by atoms with Gasteiger partial charge in [-0.15, -0.1) is 0 Å². The van der Waals surface area contributed by atoms with E-state index in [1.165, 1.54) is 0 Å². The first-order chi connectivity index (χ1) is 6.15. The van der Waals surface area contributed by atoms with Gasteiger partial charge in [-0.1, -0.05) is 6.92 Å². The van der Waals surface area contributed by atoms with E-state index in [9.17, 15) is 4.79 Å². The molecule has 0 bridgehead atoms. The van der Waals surface area contributed by atoms with Gasteiger partial charge >= 0.3 is 5.97 Å². The zero-order valence-electron chi connectivity index (χ0n) is 7.41. The Morgan fingerprint density at radius 2 is 2.23 bits per heavy atom. The predicted octanol–water partition coefficient (Wildman–Crippen LogP) is -0.456. The average Bonchev–Trinajstić information content (AvgIpc) is 2.09. The monoisotopic (exact) mass is 203 g/mol. The van der Waals surface area contributed by atoms with Crippen LogP contribution in [0.1, 0.15) is 13.3 Å². The molecule has 1 atom stereocenters. The maximum absolute atomic E-state index is 10.8. The van der Waals surface area contributed by atoms with E-state index < -0.39 is 12.0 Å². The van der Waals surface area contributed by atoms with Crippen LogP contribution in [0, 0.1) is 0 Å². The maximum atomic E-state index is 10.8. The van der Waals surface area contributed by atoms with Crippen molar-refractivity contribution < 1.29 is 9.90 Å². The quantitative estimate of drug-likeness (QED) is 0.540. The molecule has 0 amide bonds. The lowest BCUT2D eigenvalue weighted by Crippen LogP contribution is -2.58. The van der Waals surface area contributed by atoms with E-state index in [1.54, 1.807) is 4.90 Å². The summed E-state index contributed by atoms with van der Waals surface area (Å²) in [6, 6.07) is -0.442. The van der Waals surface area contributed by atoms with E-state index in [1.807, 2.05) is 6.92 Å². The first-order valence-corrected chi connectivity index (χ1v) is 4.54. The number of carbonyl (C=O) groups is 1. The van der Waals surface area contributed by atoms with Crippen LogP contribution in [0.2, 0.25) is 0 Å². The SMILES string of the molecule is CCC(C(=O)O)N1CNC(=S)NC1. The molecule has 0 aliphatic carbocycles. The van der Waals surface area contributed by atoms with E-state index in [0.717, 1.165) is 0 Å². The van der Waals surface area contributed by atoms with Crippen LogP contribution in [0.5, 0.6) is 0 Å². The summed E-state index contributed by atoms with van der Waals surface area (Å²) in [5.41, 5.74) is 0. The maximum Gasteiger partial charge on any atom is 0.321 e. The Morgan fingerprint density at radius 1 is 1.69 bits per heavy atom. The van der Waals surface area contributed by atoms with Crippen molar-refractivity contribution >= 4 is 23.3 Å². The normalized spacial score (nSPS) is 20.2. The highest BCUT2D eigenvalue weighted by atomic mass is 32.1. The molecule has 0 radical (unpaired) electrons. The first kappa shape index (κ1) is 10.2. The van der Waals surface area contributed by atoms with Crippen molar-refractivity contribution in [3.63, 3.8) is 0 Å². The van der Waals surface area contributed by atoms with Gasteiger partial charge in [-0.2, -0.15) is 0 Å². The highest BCUT2D eigenvalue weighted by Gasteiger charge is 2.25. The van der Waals surface area contributed by atoms with Gasteiger partial charge in [0.2, 0.25) is 0 Å². The van der Waals surface area contributed by atoms with Crippen LogP contribution in [-0.2, 0) is 4.79 Å². The standard InChI is InChI=1S/C7H13N3O2S/c1-2-5(6(11)12)10-3-8-7(13)9-4-10/h5H,2-4H2,1H3,(H,11,12)(H2,8,9,13). The van der Waals surface area contributed by atoms with Gasteiger partial charge in [-0.25, -0.2) is 0 Å². The number of hydrogen-bond donors (Lipinski definition) is 3. The number of hydrogen-bond acceptors (Lipinski definition) is 3. The Balaban J connectivity index is 2.50. The van der Waals surface area contributed by atoms with Crippen LogP contribution in [0.15, 0.2) is 0 Å². The average molecular weight is 203 g/mol. The first-order valence-electron chi connectivity index (χ1n) is 4.13. The van der Waals surface area contributed by atoms with E-state index >= 15 is 0 Å². The minimum atomic E-state index is -0.793. The van der Waals surface area contributed by atoms with Crippen LogP contribution < -0.4 is 10.6 Å². The molecule has 1 aliphatic rings. The Hall–Kier alpha value is -0.880. The van der Waals surface area contributed by atoms with Crippen molar-refractivity contribution in [2.45, 2.75) is 19.4 Å². The lowest BCUT2D eigenvalue weighted by atomic mass is 10.2. The summed E-state index contributed by atoms with van der Waals surface area (Å²) in [6.45, 7) is 2.85. The molecule has 6 heteroatoms. The number of nitrogens with zero attached hydrogens (tertiary/aromatic N) is 1. The third-order valence-corrected chi connectivity index (χ3v) is 2.29. The van der Waals surface area contributed by atoms with Crippen LogP contribution in [-0.4, -0.2) is 40.5 Å². The molecule has 0 aromatic heterocycles.